The second kappa shape index (κ2) is 9.93. The standard InChI is InChI=1S/C35H19N5O2.Pt/c1-3-12-30-24(9-1)25-16-15-22(21-31(25)39(30)33-14-6-8-18-37-33)41-23-19-27(28-11-5-7-17-36-28)34-29(20-23)38-35-26-10-2-4-13-32(26)42-40(34)35;/h1-18,20H;/q-2;+2. The summed E-state index contributed by atoms with van der Waals surface area (Å²) >= 11 is 0. The SMILES string of the molecule is [Pt+2].[c-]1c(Oc2[c-]c3c(cc2)c2ccccc2n3-c2ccccn2)cc2nc3c4ccccc4on3c2c1-c1ccccn1. The Morgan fingerprint density at radius 1 is 0.698 bits per heavy atom. The molecule has 0 saturated heterocycles. The molecule has 0 spiro atoms. The molecule has 7 nitrogen and oxygen atoms in total. The van der Waals surface area contributed by atoms with Crippen molar-refractivity contribution in [2.75, 3.05) is 0 Å². The molecule has 0 atom stereocenters. The number of fused-ring (bicyclic) bond motifs is 8. The Kier molecular flexibility index (Phi) is 5.88. The molecule has 5 heterocycles. The van der Waals surface area contributed by atoms with Crippen LogP contribution in [0.4, 0.5) is 0 Å². The fourth-order valence-electron chi connectivity index (χ4n) is 5.71. The Labute approximate surface area is 259 Å². The van der Waals surface area contributed by atoms with Crippen LogP contribution in [0.1, 0.15) is 0 Å². The van der Waals surface area contributed by atoms with E-state index in [1.165, 1.54) is 0 Å². The van der Waals surface area contributed by atoms with Crippen molar-refractivity contribution in [3.05, 3.63) is 128 Å². The average molecular weight is 737 g/mol. The Bertz CT molecular complexity index is 2450. The van der Waals surface area contributed by atoms with Gasteiger partial charge in [-0.25, -0.2) is 9.97 Å². The van der Waals surface area contributed by atoms with Crippen LogP contribution in [-0.2, 0) is 21.1 Å². The van der Waals surface area contributed by atoms with E-state index in [1.54, 1.807) is 17.0 Å². The van der Waals surface area contributed by atoms with Gasteiger partial charge in [-0.1, -0.05) is 71.7 Å². The first-order valence-corrected chi connectivity index (χ1v) is 13.5. The van der Waals surface area contributed by atoms with E-state index in [0.29, 0.717) is 11.5 Å². The van der Waals surface area contributed by atoms with Gasteiger partial charge in [-0.3, -0.25) is 0 Å². The second-order valence-electron chi connectivity index (χ2n) is 10.0. The maximum Gasteiger partial charge on any atom is 2.00 e. The van der Waals surface area contributed by atoms with Crippen LogP contribution < -0.4 is 4.74 Å². The Hall–Kier alpha value is -5.26. The topological polar surface area (TPSA) is 70.4 Å². The summed E-state index contributed by atoms with van der Waals surface area (Å²) in [5.41, 5.74) is 6.40. The quantitative estimate of drug-likeness (QED) is 0.171. The van der Waals surface area contributed by atoms with Gasteiger partial charge in [-0.05, 0) is 47.5 Å². The van der Waals surface area contributed by atoms with Crippen LogP contribution in [0.5, 0.6) is 11.5 Å². The average Bonchev–Trinajstić information content (AvgIpc) is 3.69. The van der Waals surface area contributed by atoms with Crippen LogP contribution in [0.25, 0.3) is 66.5 Å². The van der Waals surface area contributed by atoms with Crippen LogP contribution in [0, 0.1) is 12.1 Å². The van der Waals surface area contributed by atoms with Crippen LogP contribution in [0.3, 0.4) is 0 Å². The van der Waals surface area contributed by atoms with Gasteiger partial charge < -0.3 is 18.8 Å². The van der Waals surface area contributed by atoms with E-state index >= 15 is 0 Å². The van der Waals surface area contributed by atoms with Gasteiger partial charge in [0.15, 0.2) is 11.2 Å². The minimum atomic E-state index is 0. The smallest absolute Gasteiger partial charge is 0.503 e. The fourth-order valence-corrected chi connectivity index (χ4v) is 5.71. The zero-order valence-electron chi connectivity index (χ0n) is 22.3. The summed E-state index contributed by atoms with van der Waals surface area (Å²) in [5.74, 6) is 1.87. The summed E-state index contributed by atoms with van der Waals surface area (Å²) in [5, 5.41) is 3.13. The molecule has 0 bridgehead atoms. The molecule has 0 radical (unpaired) electrons. The monoisotopic (exact) mass is 736 g/mol. The number of aromatic nitrogens is 5. The number of benzene rings is 4. The Balaban J connectivity index is 0.00000278. The van der Waals surface area contributed by atoms with E-state index in [-0.39, 0.29) is 21.1 Å². The van der Waals surface area contributed by atoms with Crippen molar-refractivity contribution in [1.82, 2.24) is 24.1 Å². The molecule has 0 N–H and O–H groups in total. The number of nitrogens with zero attached hydrogens (tertiary/aromatic N) is 5. The minimum absolute atomic E-state index is 0. The molecule has 0 saturated carbocycles. The Morgan fingerprint density at radius 3 is 2.33 bits per heavy atom. The maximum absolute atomic E-state index is 6.45. The van der Waals surface area contributed by atoms with E-state index in [4.69, 9.17) is 14.2 Å². The number of rotatable bonds is 4. The van der Waals surface area contributed by atoms with Crippen molar-refractivity contribution in [3.8, 4) is 28.6 Å². The number of imidazole rings is 1. The van der Waals surface area contributed by atoms with Crippen molar-refractivity contribution in [1.29, 1.82) is 0 Å². The van der Waals surface area contributed by atoms with Crippen LogP contribution in [0.15, 0.2) is 120 Å². The van der Waals surface area contributed by atoms with Gasteiger partial charge in [0, 0.05) is 40.4 Å². The molecule has 8 heteroatoms. The van der Waals surface area contributed by atoms with E-state index < -0.39 is 0 Å². The van der Waals surface area contributed by atoms with Gasteiger partial charge in [0.25, 0.3) is 0 Å². The summed E-state index contributed by atoms with van der Waals surface area (Å²) in [6.45, 7) is 0. The summed E-state index contributed by atoms with van der Waals surface area (Å²) < 4.78 is 16.5. The third kappa shape index (κ3) is 3.97. The molecular formula is C35H19N5O2Pt. The van der Waals surface area contributed by atoms with E-state index in [0.717, 1.165) is 66.5 Å². The molecule has 0 amide bonds. The van der Waals surface area contributed by atoms with Gasteiger partial charge in [0.2, 0.25) is 0 Å². The van der Waals surface area contributed by atoms with Crippen molar-refractivity contribution < 1.29 is 30.3 Å². The molecular weight excluding hydrogens is 717 g/mol. The van der Waals surface area contributed by atoms with Crippen molar-refractivity contribution in [3.63, 3.8) is 0 Å². The zero-order valence-corrected chi connectivity index (χ0v) is 24.6. The molecule has 206 valence electrons. The normalized spacial score (nSPS) is 11.5. The maximum atomic E-state index is 6.45. The van der Waals surface area contributed by atoms with Crippen LogP contribution in [-0.4, -0.2) is 24.1 Å². The molecule has 9 aromatic rings. The molecule has 5 aromatic heterocycles. The van der Waals surface area contributed by atoms with E-state index in [2.05, 4.69) is 44.9 Å². The van der Waals surface area contributed by atoms with Crippen molar-refractivity contribution in [2.24, 2.45) is 0 Å². The number of ether oxygens (including phenoxy) is 1. The van der Waals surface area contributed by atoms with Crippen molar-refractivity contribution in [2.45, 2.75) is 0 Å². The first kappa shape index (κ1) is 25.4. The Morgan fingerprint density at radius 2 is 1.49 bits per heavy atom. The summed E-state index contributed by atoms with van der Waals surface area (Å²) in [4.78, 5) is 14.2. The third-order valence-corrected chi connectivity index (χ3v) is 7.51. The molecule has 0 aliphatic rings. The molecule has 43 heavy (non-hydrogen) atoms. The third-order valence-electron chi connectivity index (χ3n) is 7.51. The zero-order chi connectivity index (χ0) is 27.6. The predicted octanol–water partition coefficient (Wildman–Crippen LogP) is 8.18. The predicted molar refractivity (Wildman–Crippen MR) is 162 cm³/mol. The van der Waals surface area contributed by atoms with Crippen LogP contribution in [0.2, 0.25) is 0 Å². The van der Waals surface area contributed by atoms with Crippen LogP contribution >= 0.6 is 0 Å². The number of pyridine rings is 2. The minimum Gasteiger partial charge on any atom is -0.503 e. The van der Waals surface area contributed by atoms with E-state index in [1.807, 2.05) is 84.9 Å². The summed E-state index contributed by atoms with van der Waals surface area (Å²) in [6, 6.07) is 40.7. The first-order chi connectivity index (χ1) is 20.8. The summed E-state index contributed by atoms with van der Waals surface area (Å²) in [7, 11) is 0. The number of hydrogen-bond donors (Lipinski definition) is 0. The van der Waals surface area contributed by atoms with Gasteiger partial charge >= 0.3 is 21.1 Å². The van der Waals surface area contributed by atoms with Gasteiger partial charge in [-0.15, -0.1) is 17.5 Å². The first-order valence-electron chi connectivity index (χ1n) is 13.5. The second-order valence-corrected chi connectivity index (χ2v) is 10.0. The number of hydrogen-bond acceptors (Lipinski definition) is 5. The number of para-hydroxylation sites is 2. The van der Waals surface area contributed by atoms with Crippen molar-refractivity contribution >= 4 is 49.5 Å². The molecule has 0 fully saturated rings. The summed E-state index contributed by atoms with van der Waals surface area (Å²) in [6.07, 6.45) is 3.56. The van der Waals surface area contributed by atoms with Gasteiger partial charge in [0.1, 0.15) is 5.82 Å². The molecule has 0 unspecified atom stereocenters. The molecule has 0 aliphatic carbocycles. The molecule has 0 aliphatic heterocycles. The van der Waals surface area contributed by atoms with Gasteiger partial charge in [-0.2, -0.15) is 10.6 Å². The fraction of sp³-hybridized carbons (Fsp3) is 0. The molecule has 4 aromatic carbocycles. The largest absolute Gasteiger partial charge is 2.00 e. The molecule has 9 rings (SSSR count). The van der Waals surface area contributed by atoms with E-state index in [9.17, 15) is 0 Å². The van der Waals surface area contributed by atoms with Gasteiger partial charge in [0.05, 0.1) is 5.39 Å².